The van der Waals surface area contributed by atoms with Gasteiger partial charge in [-0.1, -0.05) is 18.6 Å². The molecule has 1 aromatic heterocycles. The first kappa shape index (κ1) is 19.3. The van der Waals surface area contributed by atoms with Crippen LogP contribution in [0.5, 0.6) is 11.5 Å². The number of rotatable bonds is 10. The molecule has 0 aliphatic rings. The van der Waals surface area contributed by atoms with Gasteiger partial charge in [0.15, 0.2) is 17.2 Å². The molecule has 0 saturated heterocycles. The SMILES string of the molecule is COc1ccccc1OCCCCCCN=C(N)c1cccnc1C#N. The third kappa shape index (κ3) is 5.78. The maximum absolute atomic E-state index is 9.03. The molecule has 26 heavy (non-hydrogen) atoms. The number of unbranched alkanes of at least 4 members (excludes halogenated alkanes) is 3. The number of hydrogen-bond donors (Lipinski definition) is 1. The van der Waals surface area contributed by atoms with Crippen LogP contribution in [-0.4, -0.2) is 31.1 Å². The second-order valence-electron chi connectivity index (χ2n) is 5.69. The summed E-state index contributed by atoms with van der Waals surface area (Å²) in [6, 6.07) is 13.2. The number of ether oxygens (including phenoxy) is 2. The van der Waals surface area contributed by atoms with E-state index in [1.807, 2.05) is 30.3 Å². The van der Waals surface area contributed by atoms with Crippen molar-refractivity contribution >= 4 is 5.84 Å². The zero-order valence-electron chi connectivity index (χ0n) is 15.0. The van der Waals surface area contributed by atoms with Crippen LogP contribution in [0.3, 0.4) is 0 Å². The van der Waals surface area contributed by atoms with Crippen molar-refractivity contribution in [2.75, 3.05) is 20.3 Å². The number of nitrogens with zero attached hydrogens (tertiary/aromatic N) is 3. The van der Waals surface area contributed by atoms with E-state index in [1.54, 1.807) is 25.4 Å². The first-order valence-electron chi connectivity index (χ1n) is 8.67. The summed E-state index contributed by atoms with van der Waals surface area (Å²) in [6.07, 6.45) is 5.59. The third-order valence-corrected chi connectivity index (χ3v) is 3.85. The summed E-state index contributed by atoms with van der Waals surface area (Å²) in [5, 5.41) is 9.03. The quantitative estimate of drug-likeness (QED) is 0.402. The molecule has 0 fully saturated rings. The van der Waals surface area contributed by atoms with Gasteiger partial charge in [0.1, 0.15) is 11.9 Å². The summed E-state index contributed by atoms with van der Waals surface area (Å²) in [4.78, 5) is 8.34. The lowest BCUT2D eigenvalue weighted by molar-refractivity contribution is 0.285. The van der Waals surface area contributed by atoms with E-state index in [4.69, 9.17) is 20.5 Å². The first-order chi connectivity index (χ1) is 12.8. The molecule has 2 aromatic rings. The number of amidine groups is 1. The zero-order valence-corrected chi connectivity index (χ0v) is 15.0. The van der Waals surface area contributed by atoms with E-state index in [1.165, 1.54) is 0 Å². The van der Waals surface area contributed by atoms with Crippen LogP contribution in [0.15, 0.2) is 47.6 Å². The molecule has 0 spiro atoms. The average molecular weight is 352 g/mol. The van der Waals surface area contributed by atoms with Crippen molar-refractivity contribution in [2.24, 2.45) is 10.7 Å². The molecule has 0 radical (unpaired) electrons. The minimum atomic E-state index is 0.308. The molecule has 0 aliphatic carbocycles. The number of pyridine rings is 1. The highest BCUT2D eigenvalue weighted by molar-refractivity contribution is 5.99. The minimum Gasteiger partial charge on any atom is -0.493 e. The number of aliphatic imine (C=N–C) groups is 1. The van der Waals surface area contributed by atoms with Crippen molar-refractivity contribution in [1.29, 1.82) is 5.26 Å². The first-order valence-corrected chi connectivity index (χ1v) is 8.67. The largest absolute Gasteiger partial charge is 0.493 e. The molecule has 0 aliphatic heterocycles. The Bertz CT molecular complexity index is 768. The highest BCUT2D eigenvalue weighted by Crippen LogP contribution is 2.25. The summed E-state index contributed by atoms with van der Waals surface area (Å²) >= 11 is 0. The van der Waals surface area contributed by atoms with Gasteiger partial charge in [-0.25, -0.2) is 4.98 Å². The standard InChI is InChI=1S/C20H24N4O2/c1-25-18-10-4-5-11-19(18)26-14-7-3-2-6-12-24-20(22)16-9-8-13-23-17(16)15-21/h4-5,8-11,13H,2-3,6-7,12,14H2,1H3,(H2,22,24). The normalized spacial score (nSPS) is 11.0. The van der Waals surface area contributed by atoms with E-state index in [0.717, 1.165) is 37.2 Å². The smallest absolute Gasteiger partial charge is 0.161 e. The van der Waals surface area contributed by atoms with Gasteiger partial charge in [-0.05, 0) is 43.5 Å². The Morgan fingerprint density at radius 3 is 2.65 bits per heavy atom. The molecule has 2 rings (SSSR count). The summed E-state index contributed by atoms with van der Waals surface area (Å²) in [5.41, 5.74) is 6.86. The van der Waals surface area contributed by atoms with E-state index in [9.17, 15) is 0 Å². The number of benzene rings is 1. The van der Waals surface area contributed by atoms with Crippen molar-refractivity contribution < 1.29 is 9.47 Å². The van der Waals surface area contributed by atoms with Crippen molar-refractivity contribution in [3.63, 3.8) is 0 Å². The number of hydrogen-bond acceptors (Lipinski definition) is 5. The molecule has 0 amide bonds. The number of aromatic nitrogens is 1. The van der Waals surface area contributed by atoms with Crippen molar-refractivity contribution in [2.45, 2.75) is 25.7 Å². The van der Waals surface area contributed by atoms with Crippen LogP contribution < -0.4 is 15.2 Å². The summed E-state index contributed by atoms with van der Waals surface area (Å²) in [5.74, 6) is 1.90. The Hall–Kier alpha value is -3.07. The van der Waals surface area contributed by atoms with Crippen molar-refractivity contribution in [1.82, 2.24) is 4.98 Å². The maximum Gasteiger partial charge on any atom is 0.161 e. The number of para-hydroxylation sites is 2. The predicted octanol–water partition coefficient (Wildman–Crippen LogP) is 3.31. The second kappa shape index (κ2) is 10.7. The highest BCUT2D eigenvalue weighted by Gasteiger charge is 2.06. The Morgan fingerprint density at radius 1 is 1.12 bits per heavy atom. The topological polar surface area (TPSA) is 93.5 Å². The highest BCUT2D eigenvalue weighted by atomic mass is 16.5. The average Bonchev–Trinajstić information content (AvgIpc) is 2.70. The number of nitriles is 1. The lowest BCUT2D eigenvalue weighted by atomic mass is 10.2. The molecule has 6 heteroatoms. The fourth-order valence-corrected chi connectivity index (χ4v) is 2.47. The zero-order chi connectivity index (χ0) is 18.6. The van der Waals surface area contributed by atoms with Gasteiger partial charge in [0.2, 0.25) is 0 Å². The Balaban J connectivity index is 1.64. The Labute approximate surface area is 154 Å². The fraction of sp³-hybridized carbons (Fsp3) is 0.350. The van der Waals surface area contributed by atoms with Crippen LogP contribution >= 0.6 is 0 Å². The van der Waals surface area contributed by atoms with E-state index in [0.29, 0.717) is 30.2 Å². The van der Waals surface area contributed by atoms with Crippen LogP contribution in [0.2, 0.25) is 0 Å². The second-order valence-corrected chi connectivity index (χ2v) is 5.69. The van der Waals surface area contributed by atoms with Crippen LogP contribution in [0.1, 0.15) is 36.9 Å². The maximum atomic E-state index is 9.03. The summed E-state index contributed by atoms with van der Waals surface area (Å²) < 4.78 is 11.0. The lowest BCUT2D eigenvalue weighted by Gasteiger charge is -2.09. The lowest BCUT2D eigenvalue weighted by Crippen LogP contribution is -2.16. The van der Waals surface area contributed by atoms with Crippen LogP contribution in [0, 0.1) is 11.3 Å². The van der Waals surface area contributed by atoms with Gasteiger partial charge in [0.05, 0.1) is 19.3 Å². The number of nitrogens with two attached hydrogens (primary N) is 1. The molecule has 0 unspecified atom stereocenters. The Morgan fingerprint density at radius 2 is 1.88 bits per heavy atom. The molecule has 0 bridgehead atoms. The van der Waals surface area contributed by atoms with E-state index < -0.39 is 0 Å². The third-order valence-electron chi connectivity index (χ3n) is 3.85. The van der Waals surface area contributed by atoms with Gasteiger partial charge in [-0.2, -0.15) is 5.26 Å². The van der Waals surface area contributed by atoms with E-state index >= 15 is 0 Å². The molecule has 2 N–H and O–H groups in total. The molecular formula is C20H24N4O2. The molecular weight excluding hydrogens is 328 g/mol. The van der Waals surface area contributed by atoms with Crippen LogP contribution in [0.4, 0.5) is 0 Å². The fourth-order valence-electron chi connectivity index (χ4n) is 2.47. The van der Waals surface area contributed by atoms with E-state index in [2.05, 4.69) is 9.98 Å². The molecule has 0 atom stereocenters. The van der Waals surface area contributed by atoms with Gasteiger partial charge in [0, 0.05) is 12.7 Å². The molecule has 6 nitrogen and oxygen atoms in total. The van der Waals surface area contributed by atoms with Gasteiger partial charge < -0.3 is 15.2 Å². The molecule has 1 aromatic carbocycles. The van der Waals surface area contributed by atoms with Gasteiger partial charge in [0.25, 0.3) is 0 Å². The minimum absolute atomic E-state index is 0.308. The monoisotopic (exact) mass is 352 g/mol. The molecule has 1 heterocycles. The number of methoxy groups -OCH3 is 1. The van der Waals surface area contributed by atoms with Crippen LogP contribution in [0.25, 0.3) is 0 Å². The van der Waals surface area contributed by atoms with Crippen molar-refractivity contribution in [3.8, 4) is 17.6 Å². The van der Waals surface area contributed by atoms with Gasteiger partial charge >= 0.3 is 0 Å². The molecule has 0 saturated carbocycles. The molecule has 136 valence electrons. The predicted molar refractivity (Wildman–Crippen MR) is 102 cm³/mol. The van der Waals surface area contributed by atoms with Crippen molar-refractivity contribution in [3.05, 3.63) is 53.9 Å². The van der Waals surface area contributed by atoms with Gasteiger partial charge in [-0.3, -0.25) is 4.99 Å². The van der Waals surface area contributed by atoms with E-state index in [-0.39, 0.29) is 0 Å². The summed E-state index contributed by atoms with van der Waals surface area (Å²) in [7, 11) is 1.64. The summed E-state index contributed by atoms with van der Waals surface area (Å²) in [6.45, 7) is 1.30. The van der Waals surface area contributed by atoms with Crippen LogP contribution in [-0.2, 0) is 0 Å². The Kier molecular flexibility index (Phi) is 7.94. The van der Waals surface area contributed by atoms with Gasteiger partial charge in [-0.15, -0.1) is 0 Å².